The van der Waals surface area contributed by atoms with Gasteiger partial charge in [0.2, 0.25) is 6.54 Å². The highest BCUT2D eigenvalue weighted by atomic mass is 16.6. The first-order valence-electron chi connectivity index (χ1n) is 8.37. The Balaban J connectivity index is 3.19. The summed E-state index contributed by atoms with van der Waals surface area (Å²) in [7, 11) is 0. The third-order valence-corrected chi connectivity index (χ3v) is 3.60. The summed E-state index contributed by atoms with van der Waals surface area (Å²) in [6.45, 7) is 5.78. The van der Waals surface area contributed by atoms with Crippen molar-refractivity contribution in [2.45, 2.75) is 26.2 Å². The van der Waals surface area contributed by atoms with Crippen LogP contribution in [0.4, 0.5) is 5.69 Å². The summed E-state index contributed by atoms with van der Waals surface area (Å²) in [6, 6.07) is 4.42. The molecule has 0 saturated carbocycles. The maximum Gasteiger partial charge on any atom is 0.337 e. The summed E-state index contributed by atoms with van der Waals surface area (Å²) < 4.78 is 5.28. The van der Waals surface area contributed by atoms with Gasteiger partial charge < -0.3 is 14.7 Å². The van der Waals surface area contributed by atoms with E-state index in [2.05, 4.69) is 6.58 Å². The number of nitro groups is 1. The Morgan fingerprint density at radius 1 is 1.42 bits per heavy atom. The molecule has 0 atom stereocenters. The van der Waals surface area contributed by atoms with E-state index in [-0.39, 0.29) is 43.3 Å². The van der Waals surface area contributed by atoms with Gasteiger partial charge in [-0.3, -0.25) is 14.9 Å². The lowest BCUT2D eigenvalue weighted by Crippen LogP contribution is -2.36. The largest absolute Gasteiger partial charge is 0.478 e. The molecule has 0 aromatic heterocycles. The fourth-order valence-corrected chi connectivity index (χ4v) is 2.34. The van der Waals surface area contributed by atoms with Gasteiger partial charge in [0.05, 0.1) is 11.3 Å². The van der Waals surface area contributed by atoms with Crippen LogP contribution in [0.15, 0.2) is 30.9 Å². The van der Waals surface area contributed by atoms with Crippen molar-refractivity contribution in [2.75, 3.05) is 31.2 Å². The molecule has 0 heterocycles. The van der Waals surface area contributed by atoms with E-state index in [1.807, 2.05) is 6.92 Å². The molecule has 1 aromatic rings. The van der Waals surface area contributed by atoms with Gasteiger partial charge in [0.25, 0.3) is 5.91 Å². The van der Waals surface area contributed by atoms with Crippen LogP contribution in [-0.2, 0) is 16.0 Å². The molecule has 0 aliphatic carbocycles. The molecule has 1 amide bonds. The van der Waals surface area contributed by atoms with Gasteiger partial charge in [-0.15, -0.1) is 6.58 Å². The molecule has 8 nitrogen and oxygen atoms in total. The smallest absolute Gasteiger partial charge is 0.337 e. The van der Waals surface area contributed by atoms with E-state index in [9.17, 15) is 24.8 Å². The van der Waals surface area contributed by atoms with E-state index in [0.29, 0.717) is 18.6 Å². The molecule has 0 aliphatic rings. The van der Waals surface area contributed by atoms with Crippen LogP contribution in [-0.4, -0.2) is 48.2 Å². The highest BCUT2D eigenvalue weighted by Crippen LogP contribution is 2.24. The van der Waals surface area contributed by atoms with Crippen molar-refractivity contribution in [3.8, 4) is 0 Å². The number of rotatable bonds is 12. The van der Waals surface area contributed by atoms with Crippen LogP contribution < -0.4 is 4.90 Å². The first-order chi connectivity index (χ1) is 12.4. The number of aromatic carboxylic acids is 1. The first-order valence-corrected chi connectivity index (χ1v) is 8.37. The third kappa shape index (κ3) is 6.64. The molecule has 8 heteroatoms. The fraction of sp³-hybridized carbons (Fsp3) is 0.444. The Bertz CT molecular complexity index is 659. The number of nitrogens with zero attached hydrogens (tertiary/aromatic N) is 2. The molecule has 0 aliphatic heterocycles. The minimum absolute atomic E-state index is 0.0391. The van der Waals surface area contributed by atoms with Crippen molar-refractivity contribution in [2.24, 2.45) is 0 Å². The SMILES string of the molecule is C=CCCN(C(=O)COCCC)c1cc(CC[N+](=O)[O-])ccc1C(=O)O. The summed E-state index contributed by atoms with van der Waals surface area (Å²) >= 11 is 0. The normalized spacial score (nSPS) is 10.3. The van der Waals surface area contributed by atoms with Crippen LogP contribution in [0, 0.1) is 10.1 Å². The zero-order valence-corrected chi connectivity index (χ0v) is 14.8. The lowest BCUT2D eigenvalue weighted by molar-refractivity contribution is -0.479. The molecule has 0 unspecified atom stereocenters. The van der Waals surface area contributed by atoms with Crippen molar-refractivity contribution >= 4 is 17.6 Å². The predicted molar refractivity (Wildman–Crippen MR) is 97.2 cm³/mol. The highest BCUT2D eigenvalue weighted by molar-refractivity contribution is 6.02. The zero-order valence-electron chi connectivity index (χ0n) is 14.8. The van der Waals surface area contributed by atoms with Gasteiger partial charge in [0, 0.05) is 24.5 Å². The molecular weight excluding hydrogens is 340 g/mol. The van der Waals surface area contributed by atoms with E-state index < -0.39 is 10.9 Å². The van der Waals surface area contributed by atoms with Gasteiger partial charge in [0.15, 0.2) is 0 Å². The van der Waals surface area contributed by atoms with E-state index in [1.54, 1.807) is 6.08 Å². The number of anilines is 1. The van der Waals surface area contributed by atoms with Gasteiger partial charge in [-0.05, 0) is 30.5 Å². The average molecular weight is 364 g/mol. The maximum absolute atomic E-state index is 12.5. The van der Waals surface area contributed by atoms with Crippen LogP contribution >= 0.6 is 0 Å². The number of carboxylic acids is 1. The van der Waals surface area contributed by atoms with Crippen LogP contribution in [0.5, 0.6) is 0 Å². The number of hydrogen-bond acceptors (Lipinski definition) is 5. The van der Waals surface area contributed by atoms with Gasteiger partial charge in [-0.25, -0.2) is 4.79 Å². The van der Waals surface area contributed by atoms with Crippen molar-refractivity contribution in [3.63, 3.8) is 0 Å². The van der Waals surface area contributed by atoms with Crippen LogP contribution in [0.25, 0.3) is 0 Å². The minimum Gasteiger partial charge on any atom is -0.478 e. The molecule has 0 saturated heterocycles. The second kappa shape index (κ2) is 11.0. The van der Waals surface area contributed by atoms with Crippen LogP contribution in [0.2, 0.25) is 0 Å². The van der Waals surface area contributed by atoms with Crippen molar-refractivity contribution in [3.05, 3.63) is 52.1 Å². The summed E-state index contributed by atoms with van der Waals surface area (Å²) in [5.74, 6) is -1.54. The van der Waals surface area contributed by atoms with Crippen LogP contribution in [0.1, 0.15) is 35.7 Å². The average Bonchev–Trinajstić information content (AvgIpc) is 2.60. The molecule has 1 aromatic carbocycles. The molecule has 0 bridgehead atoms. The second-order valence-corrected chi connectivity index (χ2v) is 5.64. The Hall–Kier alpha value is -2.74. The first kappa shape index (κ1) is 21.3. The van der Waals surface area contributed by atoms with E-state index in [4.69, 9.17) is 4.74 Å². The van der Waals surface area contributed by atoms with Crippen LogP contribution in [0.3, 0.4) is 0 Å². The van der Waals surface area contributed by atoms with Gasteiger partial charge >= 0.3 is 5.97 Å². The molecule has 26 heavy (non-hydrogen) atoms. The monoisotopic (exact) mass is 364 g/mol. The van der Waals surface area contributed by atoms with Crippen molar-refractivity contribution < 1.29 is 24.4 Å². The van der Waals surface area contributed by atoms with Gasteiger partial charge in [-0.2, -0.15) is 0 Å². The summed E-state index contributed by atoms with van der Waals surface area (Å²) in [5.41, 5.74) is 0.764. The number of carbonyl (C=O) groups excluding carboxylic acids is 1. The quantitative estimate of drug-likeness (QED) is 0.264. The zero-order chi connectivity index (χ0) is 19.5. The van der Waals surface area contributed by atoms with Crippen molar-refractivity contribution in [1.29, 1.82) is 0 Å². The molecular formula is C18H24N2O6. The highest BCUT2D eigenvalue weighted by Gasteiger charge is 2.22. The topological polar surface area (TPSA) is 110 Å². The Labute approximate surface area is 152 Å². The number of carboxylic acid groups (broad SMARTS) is 1. The van der Waals surface area contributed by atoms with E-state index in [0.717, 1.165) is 6.42 Å². The van der Waals surface area contributed by atoms with E-state index >= 15 is 0 Å². The molecule has 142 valence electrons. The molecule has 0 radical (unpaired) electrons. The summed E-state index contributed by atoms with van der Waals surface area (Å²) in [6.07, 6.45) is 3.01. The lowest BCUT2D eigenvalue weighted by atomic mass is 10.0. The molecule has 0 fully saturated rings. The summed E-state index contributed by atoms with van der Waals surface area (Å²) in [4.78, 5) is 35.6. The minimum atomic E-state index is -1.17. The number of benzene rings is 1. The maximum atomic E-state index is 12.5. The predicted octanol–water partition coefficient (Wildman–Crippen LogP) is 2.54. The number of amides is 1. The third-order valence-electron chi connectivity index (χ3n) is 3.60. The molecule has 1 N–H and O–H groups in total. The Morgan fingerprint density at radius 2 is 2.15 bits per heavy atom. The van der Waals surface area contributed by atoms with Crippen molar-refractivity contribution in [1.82, 2.24) is 0 Å². The van der Waals surface area contributed by atoms with Gasteiger partial charge in [0.1, 0.15) is 6.61 Å². The standard InChI is InChI=1S/C18H24N2O6/c1-3-5-9-19(17(21)13-26-11-4-2)16-12-14(8-10-20(24)25)6-7-15(16)18(22)23/h3,6-7,12H,1,4-5,8-11,13H2,2H3,(H,22,23). The van der Waals surface area contributed by atoms with Gasteiger partial charge in [-0.1, -0.05) is 19.1 Å². The van der Waals surface area contributed by atoms with E-state index in [1.165, 1.54) is 23.1 Å². The number of carbonyl (C=O) groups is 2. The second-order valence-electron chi connectivity index (χ2n) is 5.64. The molecule has 1 rings (SSSR count). The Morgan fingerprint density at radius 3 is 2.73 bits per heavy atom. The number of hydrogen-bond donors (Lipinski definition) is 1. The lowest BCUT2D eigenvalue weighted by Gasteiger charge is -2.24. The fourth-order valence-electron chi connectivity index (χ4n) is 2.34. The Kier molecular flexibility index (Phi) is 9.00. The summed E-state index contributed by atoms with van der Waals surface area (Å²) in [5, 5.41) is 20.0. The molecule has 0 spiro atoms. The number of ether oxygens (including phenoxy) is 1.